The largest absolute Gasteiger partial charge is 0.344 e. The van der Waals surface area contributed by atoms with Crippen LogP contribution in [0.15, 0.2) is 58.2 Å². The van der Waals surface area contributed by atoms with Crippen molar-refractivity contribution >= 4 is 33.6 Å². The molecule has 2 aromatic rings. The zero-order chi connectivity index (χ0) is 15.9. The van der Waals surface area contributed by atoms with E-state index in [-0.39, 0.29) is 11.2 Å². The van der Waals surface area contributed by atoms with Gasteiger partial charge in [-0.3, -0.25) is 9.78 Å². The Hall–Kier alpha value is -1.33. The maximum Gasteiger partial charge on any atom is 0.235 e. The zero-order valence-corrected chi connectivity index (χ0v) is 15.1. The summed E-state index contributed by atoms with van der Waals surface area (Å²) in [6.07, 6.45) is 4.41. The van der Waals surface area contributed by atoms with Crippen molar-refractivity contribution in [2.45, 2.75) is 23.5 Å². The van der Waals surface area contributed by atoms with Crippen molar-refractivity contribution in [3.63, 3.8) is 0 Å². The molecule has 22 heavy (non-hydrogen) atoms. The van der Waals surface area contributed by atoms with Crippen molar-refractivity contribution in [3.8, 4) is 0 Å². The van der Waals surface area contributed by atoms with Crippen LogP contribution in [0.25, 0.3) is 0 Å². The lowest BCUT2D eigenvalue weighted by Gasteiger charge is -2.21. The van der Waals surface area contributed by atoms with Crippen LogP contribution < -0.4 is 0 Å². The fourth-order valence-corrected chi connectivity index (χ4v) is 3.28. The van der Waals surface area contributed by atoms with Gasteiger partial charge >= 0.3 is 0 Å². The first-order valence-corrected chi connectivity index (χ1v) is 8.79. The fraction of sp³-hybridized carbons (Fsp3) is 0.294. The molecule has 5 heteroatoms. The standard InChI is InChI=1S/C17H19BrN2OS/c1-13(22-16-5-3-15(18)4-6-16)17(21)20(2)12-9-14-7-10-19-11-8-14/h3-8,10-11,13H,9,12H2,1-2H3. The SMILES string of the molecule is CC(Sc1ccc(Br)cc1)C(=O)N(C)CCc1ccncc1. The summed E-state index contributed by atoms with van der Waals surface area (Å²) in [5.41, 5.74) is 1.20. The number of aromatic nitrogens is 1. The van der Waals surface area contributed by atoms with Crippen LogP contribution in [0, 0.1) is 0 Å². The third-order valence-corrected chi connectivity index (χ3v) is 4.96. The second-order valence-electron chi connectivity index (χ2n) is 5.08. The van der Waals surface area contributed by atoms with E-state index in [2.05, 4.69) is 20.9 Å². The summed E-state index contributed by atoms with van der Waals surface area (Å²) in [6.45, 7) is 2.67. The van der Waals surface area contributed by atoms with E-state index in [1.165, 1.54) is 5.56 Å². The molecule has 0 saturated heterocycles. The second-order valence-corrected chi connectivity index (χ2v) is 7.41. The van der Waals surface area contributed by atoms with Gasteiger partial charge in [0.25, 0.3) is 0 Å². The molecule has 0 aliphatic rings. The first-order chi connectivity index (χ1) is 10.6. The quantitative estimate of drug-likeness (QED) is 0.711. The summed E-state index contributed by atoms with van der Waals surface area (Å²) >= 11 is 5.01. The third kappa shape index (κ3) is 5.14. The van der Waals surface area contributed by atoms with E-state index in [9.17, 15) is 4.79 Å². The molecule has 0 fully saturated rings. The number of rotatable bonds is 6. The average molecular weight is 379 g/mol. The molecule has 0 spiro atoms. The van der Waals surface area contributed by atoms with Gasteiger partial charge in [0.15, 0.2) is 0 Å². The van der Waals surface area contributed by atoms with E-state index in [1.807, 2.05) is 50.4 Å². The lowest BCUT2D eigenvalue weighted by Crippen LogP contribution is -2.34. The van der Waals surface area contributed by atoms with Gasteiger partial charge in [-0.2, -0.15) is 0 Å². The Morgan fingerprint density at radius 2 is 1.86 bits per heavy atom. The lowest BCUT2D eigenvalue weighted by molar-refractivity contribution is -0.128. The second kappa shape index (κ2) is 8.34. The van der Waals surface area contributed by atoms with Crippen LogP contribution in [-0.2, 0) is 11.2 Å². The molecule has 1 unspecified atom stereocenters. The molecule has 0 radical (unpaired) electrons. The molecule has 116 valence electrons. The van der Waals surface area contributed by atoms with Crippen molar-refractivity contribution in [1.29, 1.82) is 0 Å². The first-order valence-electron chi connectivity index (χ1n) is 7.12. The maximum atomic E-state index is 12.4. The van der Waals surface area contributed by atoms with Gasteiger partial charge in [0.2, 0.25) is 5.91 Å². The minimum Gasteiger partial charge on any atom is -0.344 e. The number of amides is 1. The van der Waals surface area contributed by atoms with Crippen LogP contribution in [0.1, 0.15) is 12.5 Å². The van der Waals surface area contributed by atoms with Crippen molar-refractivity contribution in [2.24, 2.45) is 0 Å². The summed E-state index contributed by atoms with van der Waals surface area (Å²) < 4.78 is 1.05. The Morgan fingerprint density at radius 3 is 2.50 bits per heavy atom. The molecule has 0 bridgehead atoms. The van der Waals surface area contributed by atoms with Crippen LogP contribution in [0.4, 0.5) is 0 Å². The molecular formula is C17H19BrN2OS. The Morgan fingerprint density at radius 1 is 1.23 bits per heavy atom. The summed E-state index contributed by atoms with van der Waals surface area (Å²) in [5, 5.41) is -0.0939. The molecule has 2 rings (SSSR count). The van der Waals surface area contributed by atoms with E-state index >= 15 is 0 Å². The maximum absolute atomic E-state index is 12.4. The highest BCUT2D eigenvalue weighted by atomic mass is 79.9. The number of likely N-dealkylation sites (N-methyl/N-ethyl adjacent to an activating group) is 1. The van der Waals surface area contributed by atoms with E-state index in [0.717, 1.165) is 15.8 Å². The topological polar surface area (TPSA) is 33.2 Å². The molecule has 3 nitrogen and oxygen atoms in total. The Balaban J connectivity index is 1.85. The van der Waals surface area contributed by atoms with Crippen molar-refractivity contribution in [3.05, 3.63) is 58.8 Å². The van der Waals surface area contributed by atoms with Crippen molar-refractivity contribution in [1.82, 2.24) is 9.88 Å². The summed E-state index contributed by atoms with van der Waals surface area (Å²) in [4.78, 5) is 19.3. The molecule has 0 aliphatic carbocycles. The number of benzene rings is 1. The van der Waals surface area contributed by atoms with Crippen molar-refractivity contribution in [2.75, 3.05) is 13.6 Å². The van der Waals surface area contributed by atoms with Crippen LogP contribution in [0.2, 0.25) is 0 Å². The van der Waals surface area contributed by atoms with Crippen LogP contribution >= 0.6 is 27.7 Å². The number of hydrogen-bond acceptors (Lipinski definition) is 3. The summed E-state index contributed by atoms with van der Waals surface area (Å²) in [7, 11) is 1.86. The number of pyridine rings is 1. The zero-order valence-electron chi connectivity index (χ0n) is 12.7. The molecule has 0 N–H and O–H groups in total. The predicted molar refractivity (Wildman–Crippen MR) is 95.0 cm³/mol. The van der Waals surface area contributed by atoms with Gasteiger partial charge in [0, 0.05) is 35.4 Å². The van der Waals surface area contributed by atoms with E-state index in [4.69, 9.17) is 0 Å². The molecule has 1 heterocycles. The summed E-state index contributed by atoms with van der Waals surface area (Å²) in [6, 6.07) is 12.0. The number of thioether (sulfide) groups is 1. The molecule has 1 atom stereocenters. The normalized spacial score (nSPS) is 12.0. The first kappa shape index (κ1) is 17.0. The third-order valence-electron chi connectivity index (χ3n) is 3.34. The van der Waals surface area contributed by atoms with Gasteiger partial charge in [0.05, 0.1) is 5.25 Å². The van der Waals surface area contributed by atoms with E-state index in [0.29, 0.717) is 6.54 Å². The highest BCUT2D eigenvalue weighted by Crippen LogP contribution is 2.25. The number of hydrogen-bond donors (Lipinski definition) is 0. The molecule has 1 aromatic carbocycles. The van der Waals surface area contributed by atoms with Crippen LogP contribution in [0.5, 0.6) is 0 Å². The van der Waals surface area contributed by atoms with Gasteiger partial charge in [0.1, 0.15) is 0 Å². The highest BCUT2D eigenvalue weighted by Gasteiger charge is 2.18. The number of carbonyl (C=O) groups excluding carboxylic acids is 1. The average Bonchev–Trinajstić information content (AvgIpc) is 2.55. The lowest BCUT2D eigenvalue weighted by atomic mass is 10.2. The Labute approximate surface area is 144 Å². The van der Waals surface area contributed by atoms with Crippen molar-refractivity contribution < 1.29 is 4.79 Å². The predicted octanol–water partition coefficient (Wildman–Crippen LogP) is 4.03. The van der Waals surface area contributed by atoms with Gasteiger partial charge < -0.3 is 4.90 Å². The monoisotopic (exact) mass is 378 g/mol. The van der Waals surface area contributed by atoms with Crippen LogP contribution in [0.3, 0.4) is 0 Å². The van der Waals surface area contributed by atoms with Gasteiger partial charge in [-0.1, -0.05) is 15.9 Å². The van der Waals surface area contributed by atoms with Crippen LogP contribution in [-0.4, -0.2) is 34.6 Å². The van der Waals surface area contributed by atoms with Gasteiger partial charge in [-0.25, -0.2) is 0 Å². The van der Waals surface area contributed by atoms with Gasteiger partial charge in [-0.05, 0) is 55.3 Å². The fourth-order valence-electron chi connectivity index (χ4n) is 2.03. The Bertz CT molecular complexity index is 604. The molecular weight excluding hydrogens is 360 g/mol. The minimum absolute atomic E-state index is 0.0939. The molecule has 0 saturated carbocycles. The molecule has 1 aromatic heterocycles. The van der Waals surface area contributed by atoms with E-state index in [1.54, 1.807) is 29.1 Å². The minimum atomic E-state index is -0.0939. The molecule has 0 aliphatic heterocycles. The number of carbonyl (C=O) groups is 1. The Kier molecular flexibility index (Phi) is 6.46. The van der Waals surface area contributed by atoms with Gasteiger partial charge in [-0.15, -0.1) is 11.8 Å². The molecule has 1 amide bonds. The van der Waals surface area contributed by atoms with E-state index < -0.39 is 0 Å². The number of halogens is 1. The smallest absolute Gasteiger partial charge is 0.235 e. The summed E-state index contributed by atoms with van der Waals surface area (Å²) in [5.74, 6) is 0.155. The number of nitrogens with zero attached hydrogens (tertiary/aromatic N) is 2. The highest BCUT2D eigenvalue weighted by molar-refractivity contribution is 9.10.